The highest BCUT2D eigenvalue weighted by molar-refractivity contribution is 7.89. The van der Waals surface area contributed by atoms with E-state index in [1.54, 1.807) is 42.5 Å². The molecular weight excluding hydrogens is 345 g/mol. The first-order valence-electron chi connectivity index (χ1n) is 6.28. The first-order chi connectivity index (χ1) is 10.3. The summed E-state index contributed by atoms with van der Waals surface area (Å²) in [6.07, 6.45) is 1.16. The zero-order valence-corrected chi connectivity index (χ0v) is 14.0. The standard InChI is InChI=1S/C15H13Cl2NO3S/c1-22(20,21)9-10-5-7-11(8-6-10)15(19)18-14-12(16)3-2-4-13(14)17/h2-8H,9H2,1H3,(H,18,19). The molecule has 0 aliphatic carbocycles. The van der Waals surface area contributed by atoms with Crippen LogP contribution >= 0.6 is 23.2 Å². The lowest BCUT2D eigenvalue weighted by Gasteiger charge is -2.09. The molecular formula is C15H13Cl2NO3S. The largest absolute Gasteiger partial charge is 0.319 e. The van der Waals surface area contributed by atoms with Crippen LogP contribution in [0.15, 0.2) is 42.5 Å². The second-order valence-corrected chi connectivity index (χ2v) is 7.77. The number of hydrogen-bond donors (Lipinski definition) is 1. The summed E-state index contributed by atoms with van der Waals surface area (Å²) in [6, 6.07) is 11.2. The molecule has 1 amide bonds. The Kier molecular flexibility index (Phi) is 5.11. The van der Waals surface area contributed by atoms with E-state index in [1.165, 1.54) is 0 Å². The molecule has 0 spiro atoms. The maximum absolute atomic E-state index is 12.2. The van der Waals surface area contributed by atoms with E-state index in [4.69, 9.17) is 23.2 Å². The van der Waals surface area contributed by atoms with Gasteiger partial charge in [0.05, 0.1) is 21.5 Å². The second kappa shape index (κ2) is 6.69. The molecule has 0 unspecified atom stereocenters. The Morgan fingerprint density at radius 2 is 1.59 bits per heavy atom. The smallest absolute Gasteiger partial charge is 0.255 e. The van der Waals surface area contributed by atoms with Crippen LogP contribution in [0.5, 0.6) is 0 Å². The molecule has 2 aromatic rings. The Hall–Kier alpha value is -1.56. The highest BCUT2D eigenvalue weighted by atomic mass is 35.5. The van der Waals surface area contributed by atoms with Gasteiger partial charge in [-0.15, -0.1) is 0 Å². The summed E-state index contributed by atoms with van der Waals surface area (Å²) in [5.41, 5.74) is 1.35. The van der Waals surface area contributed by atoms with E-state index in [1.807, 2.05) is 0 Å². The van der Waals surface area contributed by atoms with Crippen LogP contribution in [0, 0.1) is 0 Å². The number of benzene rings is 2. The van der Waals surface area contributed by atoms with Crippen molar-refractivity contribution in [2.24, 2.45) is 0 Å². The molecule has 2 aromatic carbocycles. The van der Waals surface area contributed by atoms with E-state index in [9.17, 15) is 13.2 Å². The minimum absolute atomic E-state index is 0.0642. The summed E-state index contributed by atoms with van der Waals surface area (Å²) in [6.45, 7) is 0. The van der Waals surface area contributed by atoms with Crippen molar-refractivity contribution in [1.82, 2.24) is 0 Å². The van der Waals surface area contributed by atoms with Crippen LogP contribution in [0.3, 0.4) is 0 Å². The average molecular weight is 358 g/mol. The van der Waals surface area contributed by atoms with E-state index in [0.717, 1.165) is 6.26 Å². The molecule has 2 rings (SSSR count). The Bertz CT molecular complexity index is 782. The molecule has 7 heteroatoms. The normalized spacial score (nSPS) is 11.2. The fourth-order valence-corrected chi connectivity index (χ4v) is 3.15. The highest BCUT2D eigenvalue weighted by Gasteiger charge is 2.12. The summed E-state index contributed by atoms with van der Waals surface area (Å²) in [4.78, 5) is 12.2. The maximum Gasteiger partial charge on any atom is 0.255 e. The molecule has 0 fully saturated rings. The van der Waals surface area contributed by atoms with Crippen LogP contribution in [0.2, 0.25) is 10.0 Å². The summed E-state index contributed by atoms with van der Waals surface area (Å²) in [5, 5.41) is 3.33. The van der Waals surface area contributed by atoms with Gasteiger partial charge in [-0.1, -0.05) is 41.4 Å². The average Bonchev–Trinajstić information content (AvgIpc) is 2.42. The zero-order chi connectivity index (χ0) is 16.3. The summed E-state index contributed by atoms with van der Waals surface area (Å²) in [7, 11) is -3.11. The lowest BCUT2D eigenvalue weighted by atomic mass is 10.1. The summed E-state index contributed by atoms with van der Waals surface area (Å²) >= 11 is 12.0. The summed E-state index contributed by atoms with van der Waals surface area (Å²) in [5.74, 6) is -0.438. The number of amides is 1. The third kappa shape index (κ3) is 4.47. The molecule has 22 heavy (non-hydrogen) atoms. The molecule has 0 saturated carbocycles. The number of carbonyl (C=O) groups excluding carboxylic acids is 1. The van der Waals surface area contributed by atoms with Gasteiger partial charge < -0.3 is 5.32 Å². The van der Waals surface area contributed by atoms with Crippen LogP contribution in [0.4, 0.5) is 5.69 Å². The van der Waals surface area contributed by atoms with Crippen LogP contribution in [-0.4, -0.2) is 20.6 Å². The number of nitrogens with one attached hydrogen (secondary N) is 1. The molecule has 0 radical (unpaired) electrons. The van der Waals surface area contributed by atoms with E-state index in [0.29, 0.717) is 26.9 Å². The number of rotatable bonds is 4. The van der Waals surface area contributed by atoms with Crippen LogP contribution in [0.25, 0.3) is 0 Å². The van der Waals surface area contributed by atoms with Gasteiger partial charge in [0, 0.05) is 11.8 Å². The maximum atomic E-state index is 12.2. The van der Waals surface area contributed by atoms with Crippen LogP contribution in [-0.2, 0) is 15.6 Å². The number of anilines is 1. The van der Waals surface area contributed by atoms with Gasteiger partial charge in [0.25, 0.3) is 5.91 Å². The fourth-order valence-electron chi connectivity index (χ4n) is 1.86. The molecule has 0 heterocycles. The predicted molar refractivity (Wildman–Crippen MR) is 89.4 cm³/mol. The van der Waals surface area contributed by atoms with Gasteiger partial charge in [0.15, 0.2) is 9.84 Å². The van der Waals surface area contributed by atoms with Crippen molar-refractivity contribution in [3.8, 4) is 0 Å². The Morgan fingerprint density at radius 3 is 2.09 bits per heavy atom. The second-order valence-electron chi connectivity index (χ2n) is 4.82. The van der Waals surface area contributed by atoms with Gasteiger partial charge >= 0.3 is 0 Å². The molecule has 0 aromatic heterocycles. The third-order valence-electron chi connectivity index (χ3n) is 2.85. The van der Waals surface area contributed by atoms with Crippen molar-refractivity contribution in [2.45, 2.75) is 5.75 Å². The summed E-state index contributed by atoms with van der Waals surface area (Å²) < 4.78 is 22.5. The van der Waals surface area contributed by atoms with Crippen molar-refractivity contribution in [2.75, 3.05) is 11.6 Å². The van der Waals surface area contributed by atoms with Gasteiger partial charge in [-0.2, -0.15) is 0 Å². The number of halogens is 2. The fraction of sp³-hybridized carbons (Fsp3) is 0.133. The first-order valence-corrected chi connectivity index (χ1v) is 9.10. The molecule has 4 nitrogen and oxygen atoms in total. The van der Waals surface area contributed by atoms with Crippen LogP contribution < -0.4 is 5.32 Å². The molecule has 0 saturated heterocycles. The molecule has 1 N–H and O–H groups in total. The SMILES string of the molecule is CS(=O)(=O)Cc1ccc(C(=O)Nc2c(Cl)cccc2Cl)cc1. The van der Waals surface area contributed by atoms with E-state index < -0.39 is 9.84 Å². The number of carbonyl (C=O) groups is 1. The van der Waals surface area contributed by atoms with Crippen molar-refractivity contribution in [1.29, 1.82) is 0 Å². The van der Waals surface area contributed by atoms with E-state index in [-0.39, 0.29) is 11.7 Å². The first kappa shape index (κ1) is 16.8. The lowest BCUT2D eigenvalue weighted by Crippen LogP contribution is -2.12. The minimum Gasteiger partial charge on any atom is -0.319 e. The van der Waals surface area contributed by atoms with Crippen molar-refractivity contribution in [3.63, 3.8) is 0 Å². The van der Waals surface area contributed by atoms with Gasteiger partial charge in [-0.05, 0) is 29.8 Å². The Morgan fingerprint density at radius 1 is 1.05 bits per heavy atom. The number of para-hydroxylation sites is 1. The molecule has 0 bridgehead atoms. The van der Waals surface area contributed by atoms with E-state index >= 15 is 0 Å². The molecule has 116 valence electrons. The molecule has 0 aliphatic rings. The van der Waals surface area contributed by atoms with E-state index in [2.05, 4.69) is 5.32 Å². The Balaban J connectivity index is 2.17. The topological polar surface area (TPSA) is 63.2 Å². The quantitative estimate of drug-likeness (QED) is 0.905. The highest BCUT2D eigenvalue weighted by Crippen LogP contribution is 2.30. The Labute approximate surface area is 139 Å². The van der Waals surface area contributed by atoms with Crippen molar-refractivity contribution >= 4 is 44.6 Å². The number of hydrogen-bond acceptors (Lipinski definition) is 3. The molecule has 0 atom stereocenters. The lowest BCUT2D eigenvalue weighted by molar-refractivity contribution is 0.102. The monoisotopic (exact) mass is 357 g/mol. The van der Waals surface area contributed by atoms with Gasteiger partial charge in [0.1, 0.15) is 0 Å². The third-order valence-corrected chi connectivity index (χ3v) is 4.33. The molecule has 0 aliphatic heterocycles. The van der Waals surface area contributed by atoms with Crippen molar-refractivity contribution < 1.29 is 13.2 Å². The minimum atomic E-state index is -3.11. The van der Waals surface area contributed by atoms with Gasteiger partial charge in [-0.25, -0.2) is 8.42 Å². The zero-order valence-electron chi connectivity index (χ0n) is 11.6. The van der Waals surface area contributed by atoms with Crippen LogP contribution in [0.1, 0.15) is 15.9 Å². The predicted octanol–water partition coefficient (Wildman–Crippen LogP) is 3.79. The van der Waals surface area contributed by atoms with Gasteiger partial charge in [-0.3, -0.25) is 4.79 Å². The van der Waals surface area contributed by atoms with Gasteiger partial charge in [0.2, 0.25) is 0 Å². The number of sulfone groups is 1. The van der Waals surface area contributed by atoms with Crippen molar-refractivity contribution in [3.05, 3.63) is 63.6 Å².